The Morgan fingerprint density at radius 3 is 1.66 bits per heavy atom. The first-order chi connectivity index (χ1) is 16.8. The van der Waals surface area contributed by atoms with Crippen molar-refractivity contribution in [2.75, 3.05) is 20.6 Å². The van der Waals surface area contributed by atoms with Crippen LogP contribution in [0.5, 0.6) is 0 Å². The fourth-order valence-corrected chi connectivity index (χ4v) is 7.03. The van der Waals surface area contributed by atoms with Gasteiger partial charge in [0.15, 0.2) is 0 Å². The molecular formula is C29H58NO4P. The molecule has 0 bridgehead atoms. The summed E-state index contributed by atoms with van der Waals surface area (Å²) in [6, 6.07) is 0. The lowest BCUT2D eigenvalue weighted by atomic mass is 10.0. The van der Waals surface area contributed by atoms with E-state index >= 15 is 0 Å². The second kappa shape index (κ2) is 19.0. The molecule has 5 nitrogen and oxygen atoms in total. The molecule has 0 aliphatic heterocycles. The maximum Gasteiger partial charge on any atom is 0.334 e. The monoisotopic (exact) mass is 515 g/mol. The number of rotatable bonds is 24. The van der Waals surface area contributed by atoms with Crippen LogP contribution >= 0.6 is 7.60 Å². The van der Waals surface area contributed by atoms with Crippen LogP contribution in [-0.4, -0.2) is 51.7 Å². The van der Waals surface area contributed by atoms with Gasteiger partial charge in [-0.2, -0.15) is 0 Å². The number of unbranched alkanes of at least 4 members (excludes halogenated alkanes) is 16. The third kappa shape index (κ3) is 13.8. The second-order valence-corrected chi connectivity index (χ2v) is 13.3. The number of nitrogens with zero attached hydrogens (tertiary/aromatic N) is 1. The standard InChI is InChI=1S/C29H58NO4P/c1-4-5-6-7-8-9-10-11-12-13-14-15-16-17-18-19-20-21-22-23-24-27-25-29(27,35(32,33)34)28(31)26-30(2)3/h11-12,27-28,31H,4-10,13-26H2,1-3H3,(H2,32,33,34). The minimum Gasteiger partial charge on any atom is -0.391 e. The van der Waals surface area contributed by atoms with Crippen molar-refractivity contribution in [2.24, 2.45) is 5.92 Å². The molecule has 0 aromatic heterocycles. The Morgan fingerprint density at radius 2 is 1.23 bits per heavy atom. The molecule has 3 N–H and O–H groups in total. The van der Waals surface area contributed by atoms with E-state index in [0.29, 0.717) is 13.0 Å². The van der Waals surface area contributed by atoms with Crippen molar-refractivity contribution in [3.8, 4) is 0 Å². The topological polar surface area (TPSA) is 81.0 Å². The van der Waals surface area contributed by atoms with Gasteiger partial charge in [-0.25, -0.2) is 0 Å². The highest BCUT2D eigenvalue weighted by Crippen LogP contribution is 2.71. The predicted octanol–water partition coefficient (Wildman–Crippen LogP) is 7.83. The van der Waals surface area contributed by atoms with Crippen molar-refractivity contribution in [1.29, 1.82) is 0 Å². The Labute approximate surface area is 217 Å². The fourth-order valence-electron chi connectivity index (χ4n) is 5.50. The highest BCUT2D eigenvalue weighted by Gasteiger charge is 2.68. The molecule has 1 aliphatic rings. The fraction of sp³-hybridized carbons (Fsp3) is 0.931. The van der Waals surface area contributed by atoms with E-state index in [1.54, 1.807) is 4.90 Å². The molecule has 1 aliphatic carbocycles. The Bertz CT molecular complexity index is 591. The first-order valence-corrected chi connectivity index (χ1v) is 16.4. The van der Waals surface area contributed by atoms with E-state index in [9.17, 15) is 19.5 Å². The van der Waals surface area contributed by atoms with Crippen LogP contribution in [0.25, 0.3) is 0 Å². The average molecular weight is 516 g/mol. The Hall–Kier alpha value is -0.190. The molecule has 0 saturated heterocycles. The summed E-state index contributed by atoms with van der Waals surface area (Å²) in [6.07, 6.45) is 28.5. The molecule has 3 atom stereocenters. The third-order valence-electron chi connectivity index (χ3n) is 7.84. The lowest BCUT2D eigenvalue weighted by molar-refractivity contribution is 0.109. The van der Waals surface area contributed by atoms with Crippen molar-refractivity contribution in [2.45, 2.75) is 147 Å². The maximum absolute atomic E-state index is 12.1. The first-order valence-electron chi connectivity index (χ1n) is 14.8. The lowest BCUT2D eigenvalue weighted by Crippen LogP contribution is -2.38. The van der Waals surface area contributed by atoms with E-state index in [-0.39, 0.29) is 5.92 Å². The summed E-state index contributed by atoms with van der Waals surface area (Å²) in [5, 5.41) is 9.25. The predicted molar refractivity (Wildman–Crippen MR) is 150 cm³/mol. The van der Waals surface area contributed by atoms with E-state index in [1.165, 1.54) is 103 Å². The van der Waals surface area contributed by atoms with Crippen LogP contribution in [0.15, 0.2) is 12.2 Å². The zero-order chi connectivity index (χ0) is 26.0. The molecule has 3 unspecified atom stereocenters. The van der Waals surface area contributed by atoms with Crippen LogP contribution in [-0.2, 0) is 4.57 Å². The van der Waals surface area contributed by atoms with Crippen molar-refractivity contribution < 1.29 is 19.5 Å². The molecule has 0 heterocycles. The van der Waals surface area contributed by atoms with Crippen LogP contribution in [0.4, 0.5) is 0 Å². The number of aliphatic hydroxyl groups is 1. The van der Waals surface area contributed by atoms with E-state index in [4.69, 9.17) is 0 Å². The van der Waals surface area contributed by atoms with Gasteiger partial charge in [0.25, 0.3) is 0 Å². The smallest absolute Gasteiger partial charge is 0.334 e. The highest BCUT2D eigenvalue weighted by atomic mass is 31.2. The molecule has 0 amide bonds. The molecule has 1 saturated carbocycles. The number of hydrogen-bond donors (Lipinski definition) is 3. The van der Waals surface area contributed by atoms with E-state index < -0.39 is 18.9 Å². The van der Waals surface area contributed by atoms with Crippen molar-refractivity contribution in [1.82, 2.24) is 4.90 Å². The van der Waals surface area contributed by atoms with Crippen LogP contribution in [0.1, 0.15) is 135 Å². The summed E-state index contributed by atoms with van der Waals surface area (Å²) in [5.74, 6) is -0.0383. The summed E-state index contributed by atoms with van der Waals surface area (Å²) in [5.41, 5.74) is 0. The van der Waals surface area contributed by atoms with Gasteiger partial charge in [-0.3, -0.25) is 4.57 Å². The van der Waals surface area contributed by atoms with E-state index in [1.807, 2.05) is 14.1 Å². The molecule has 35 heavy (non-hydrogen) atoms. The van der Waals surface area contributed by atoms with Gasteiger partial charge in [0.05, 0.1) is 6.10 Å². The Kier molecular flexibility index (Phi) is 17.8. The van der Waals surface area contributed by atoms with Crippen molar-refractivity contribution in [3.63, 3.8) is 0 Å². The largest absolute Gasteiger partial charge is 0.391 e. The lowest BCUT2D eigenvalue weighted by Gasteiger charge is -2.27. The number of allylic oxidation sites excluding steroid dienone is 2. The normalized spacial score (nSPS) is 21.3. The quantitative estimate of drug-likeness (QED) is 0.0693. The molecular weight excluding hydrogens is 457 g/mol. The average Bonchev–Trinajstić information content (AvgIpc) is 3.53. The zero-order valence-electron chi connectivity index (χ0n) is 23.3. The van der Waals surface area contributed by atoms with Gasteiger partial charge in [-0.15, -0.1) is 0 Å². The Morgan fingerprint density at radius 1 is 0.800 bits per heavy atom. The minimum atomic E-state index is -4.30. The Balaban J connectivity index is 1.91. The highest BCUT2D eigenvalue weighted by molar-refractivity contribution is 7.54. The van der Waals surface area contributed by atoms with Gasteiger partial charge in [0.1, 0.15) is 5.16 Å². The van der Waals surface area contributed by atoms with Crippen molar-refractivity contribution in [3.05, 3.63) is 12.2 Å². The van der Waals surface area contributed by atoms with Gasteiger partial charge >= 0.3 is 7.60 Å². The first kappa shape index (κ1) is 32.8. The summed E-state index contributed by atoms with van der Waals surface area (Å²) in [6.45, 7) is 2.57. The molecule has 0 spiro atoms. The number of hydrogen-bond acceptors (Lipinski definition) is 3. The zero-order valence-corrected chi connectivity index (χ0v) is 24.2. The van der Waals surface area contributed by atoms with Crippen molar-refractivity contribution >= 4 is 7.60 Å². The molecule has 0 aromatic carbocycles. The van der Waals surface area contributed by atoms with Crippen LogP contribution in [0, 0.1) is 5.92 Å². The number of aliphatic hydroxyl groups excluding tert-OH is 1. The van der Waals surface area contributed by atoms with Gasteiger partial charge in [-0.1, -0.05) is 109 Å². The third-order valence-corrected chi connectivity index (χ3v) is 9.77. The minimum absolute atomic E-state index is 0.0383. The second-order valence-electron chi connectivity index (χ2n) is 11.4. The van der Waals surface area contributed by atoms with Crippen LogP contribution < -0.4 is 0 Å². The van der Waals surface area contributed by atoms with Gasteiger partial charge in [0, 0.05) is 6.54 Å². The van der Waals surface area contributed by atoms with Crippen LogP contribution in [0.3, 0.4) is 0 Å². The van der Waals surface area contributed by atoms with E-state index in [2.05, 4.69) is 19.1 Å². The van der Waals surface area contributed by atoms with Gasteiger partial charge < -0.3 is 19.8 Å². The molecule has 1 fully saturated rings. The molecule has 208 valence electrons. The summed E-state index contributed by atoms with van der Waals surface area (Å²) in [4.78, 5) is 21.5. The summed E-state index contributed by atoms with van der Waals surface area (Å²) in [7, 11) is -0.655. The molecule has 0 aromatic rings. The SMILES string of the molecule is CCCCCCCCC=CCCCCCCCCCCCCC1CC1(C(O)CN(C)C)P(=O)(O)O. The summed E-state index contributed by atoms with van der Waals surface area (Å²) < 4.78 is 12.1. The molecule has 1 rings (SSSR count). The molecule has 0 radical (unpaired) electrons. The summed E-state index contributed by atoms with van der Waals surface area (Å²) >= 11 is 0. The molecule has 6 heteroatoms. The van der Waals surface area contributed by atoms with Gasteiger partial charge in [0.2, 0.25) is 0 Å². The van der Waals surface area contributed by atoms with E-state index in [0.717, 1.165) is 19.3 Å². The maximum atomic E-state index is 12.1. The number of likely N-dealkylation sites (N-methyl/N-ethyl adjacent to an activating group) is 1. The van der Waals surface area contributed by atoms with Crippen LogP contribution in [0.2, 0.25) is 0 Å². The van der Waals surface area contributed by atoms with Gasteiger partial charge in [-0.05, 0) is 58.5 Å².